The van der Waals surface area contributed by atoms with Crippen molar-refractivity contribution in [3.63, 3.8) is 0 Å². The zero-order chi connectivity index (χ0) is 13.6. The summed E-state index contributed by atoms with van der Waals surface area (Å²) in [4.78, 5) is 11.6. The molecule has 0 N–H and O–H groups in total. The van der Waals surface area contributed by atoms with Gasteiger partial charge >= 0.3 is 0 Å². The first-order chi connectivity index (χ1) is 9.06. The number of benzene rings is 2. The first kappa shape index (κ1) is 12.7. The van der Waals surface area contributed by atoms with Crippen molar-refractivity contribution in [3.8, 4) is 11.5 Å². The molecule has 1 atom stereocenters. The van der Waals surface area contributed by atoms with Crippen LogP contribution in [-0.4, -0.2) is 5.24 Å². The summed E-state index contributed by atoms with van der Waals surface area (Å²) in [6.07, 6.45) is 0. The lowest BCUT2D eigenvalue weighted by Crippen LogP contribution is -2.21. The van der Waals surface area contributed by atoms with Crippen LogP contribution in [0.15, 0.2) is 30.3 Å². The molecule has 1 heterocycles. The summed E-state index contributed by atoms with van der Waals surface area (Å²) in [5, 5.41) is 1.62. The van der Waals surface area contributed by atoms with Crippen LogP contribution in [0, 0.1) is 13.8 Å². The Kier molecular flexibility index (Phi) is 3.08. The fourth-order valence-electron chi connectivity index (χ4n) is 2.23. The van der Waals surface area contributed by atoms with E-state index in [9.17, 15) is 4.79 Å². The third-order valence-corrected chi connectivity index (χ3v) is 4.78. The molecule has 0 radical (unpaired) electrons. The zero-order valence-electron chi connectivity index (χ0n) is 10.6. The first-order valence-corrected chi connectivity index (χ1v) is 7.33. The van der Waals surface area contributed by atoms with E-state index in [2.05, 4.69) is 6.07 Å². The molecule has 0 spiro atoms. The van der Waals surface area contributed by atoms with Crippen molar-refractivity contribution >= 4 is 36.0 Å². The van der Waals surface area contributed by atoms with E-state index >= 15 is 0 Å². The molecule has 1 aliphatic rings. The van der Waals surface area contributed by atoms with Crippen molar-refractivity contribution in [3.05, 3.63) is 47.0 Å². The van der Waals surface area contributed by atoms with E-state index in [1.807, 2.05) is 38.1 Å². The minimum atomic E-state index is -0.415. The third kappa shape index (κ3) is 2.16. The molecule has 2 aromatic rings. The summed E-state index contributed by atoms with van der Waals surface area (Å²) in [5.41, 5.74) is 2.67. The smallest absolute Gasteiger partial charge is 0.253 e. The maximum absolute atomic E-state index is 11.6. The van der Waals surface area contributed by atoms with Crippen molar-refractivity contribution in [2.75, 3.05) is 0 Å². The van der Waals surface area contributed by atoms with Gasteiger partial charge in [-0.25, -0.2) is 0 Å². The molecule has 3 rings (SSSR count). The minimum Gasteiger partial charge on any atom is -0.456 e. The lowest BCUT2D eigenvalue weighted by atomic mass is 10.1. The topological polar surface area (TPSA) is 26.3 Å². The number of hydrogen-bond donors (Lipinski definition) is 0. The van der Waals surface area contributed by atoms with Crippen molar-refractivity contribution in [2.24, 2.45) is 0 Å². The third-order valence-electron chi connectivity index (χ3n) is 3.19. The highest BCUT2D eigenvalue weighted by molar-refractivity contribution is 7.56. The Balaban J connectivity index is 2.18. The number of carbonyl (C=O) groups excluding carboxylic acids is 1. The van der Waals surface area contributed by atoms with Gasteiger partial charge in [0.2, 0.25) is 0 Å². The van der Waals surface area contributed by atoms with Gasteiger partial charge in [-0.2, -0.15) is 0 Å². The number of fused-ring (bicyclic) bond motifs is 2. The van der Waals surface area contributed by atoms with Gasteiger partial charge in [-0.05, 0) is 49.2 Å². The first-order valence-electron chi connectivity index (χ1n) is 5.95. The SMILES string of the molecule is Cc1ccc2c(c1)Pc1c(ccc(C)c1C(=O)Cl)O2. The minimum absolute atomic E-state index is 0.398. The number of rotatable bonds is 1. The average molecular weight is 291 g/mol. The Morgan fingerprint density at radius 2 is 1.89 bits per heavy atom. The molecule has 0 saturated carbocycles. The lowest BCUT2D eigenvalue weighted by Gasteiger charge is -2.22. The molecule has 0 amide bonds. The largest absolute Gasteiger partial charge is 0.456 e. The van der Waals surface area contributed by atoms with E-state index in [0.29, 0.717) is 14.1 Å². The second kappa shape index (κ2) is 4.63. The van der Waals surface area contributed by atoms with Gasteiger partial charge in [0, 0.05) is 16.2 Å². The van der Waals surface area contributed by atoms with E-state index in [1.54, 1.807) is 0 Å². The Morgan fingerprint density at radius 1 is 1.16 bits per heavy atom. The molecule has 0 aliphatic carbocycles. The lowest BCUT2D eigenvalue weighted by molar-refractivity contribution is 0.108. The van der Waals surface area contributed by atoms with Crippen LogP contribution in [0.5, 0.6) is 11.5 Å². The standard InChI is InChI=1S/C15H12ClO2P/c1-8-3-5-10-12(7-8)19-14-11(18-10)6-4-9(2)13(14)15(16)17/h3-7,19H,1-2H3. The van der Waals surface area contributed by atoms with Crippen LogP contribution in [0.4, 0.5) is 0 Å². The summed E-state index contributed by atoms with van der Waals surface area (Å²) in [6, 6.07) is 9.88. The Morgan fingerprint density at radius 3 is 2.63 bits per heavy atom. The quantitative estimate of drug-likeness (QED) is 0.507. The fourth-order valence-corrected chi connectivity index (χ4v) is 4.08. The highest BCUT2D eigenvalue weighted by atomic mass is 35.5. The molecule has 4 heteroatoms. The fraction of sp³-hybridized carbons (Fsp3) is 0.133. The average Bonchev–Trinajstić information content (AvgIpc) is 2.35. The molecule has 0 aromatic heterocycles. The summed E-state index contributed by atoms with van der Waals surface area (Å²) in [5.74, 6) is 1.61. The highest BCUT2D eigenvalue weighted by Gasteiger charge is 2.23. The number of aryl methyl sites for hydroxylation is 2. The van der Waals surface area contributed by atoms with Crippen LogP contribution in [0.1, 0.15) is 21.5 Å². The second-order valence-corrected chi connectivity index (χ2v) is 6.26. The molecular weight excluding hydrogens is 279 g/mol. The molecule has 19 heavy (non-hydrogen) atoms. The number of carbonyl (C=O) groups is 1. The second-order valence-electron chi connectivity index (χ2n) is 4.63. The molecule has 2 nitrogen and oxygen atoms in total. The van der Waals surface area contributed by atoms with E-state index in [1.165, 1.54) is 5.56 Å². The van der Waals surface area contributed by atoms with Gasteiger partial charge in [-0.3, -0.25) is 4.79 Å². The van der Waals surface area contributed by atoms with Gasteiger partial charge in [0.15, 0.2) is 0 Å². The van der Waals surface area contributed by atoms with Crippen molar-refractivity contribution in [2.45, 2.75) is 13.8 Å². The van der Waals surface area contributed by atoms with Gasteiger partial charge in [0.05, 0.1) is 0 Å². The van der Waals surface area contributed by atoms with Crippen molar-refractivity contribution in [1.82, 2.24) is 0 Å². The van der Waals surface area contributed by atoms with Crippen LogP contribution in [0.3, 0.4) is 0 Å². The van der Waals surface area contributed by atoms with Crippen LogP contribution < -0.4 is 15.3 Å². The summed E-state index contributed by atoms with van der Waals surface area (Å²) in [6.45, 7) is 3.94. The highest BCUT2D eigenvalue weighted by Crippen LogP contribution is 2.35. The zero-order valence-corrected chi connectivity index (χ0v) is 12.3. The summed E-state index contributed by atoms with van der Waals surface area (Å²) < 4.78 is 5.87. The molecule has 1 unspecified atom stereocenters. The molecule has 0 saturated heterocycles. The van der Waals surface area contributed by atoms with Gasteiger partial charge < -0.3 is 4.74 Å². The van der Waals surface area contributed by atoms with Gasteiger partial charge in [-0.15, -0.1) is 0 Å². The number of halogens is 1. The summed E-state index contributed by atoms with van der Waals surface area (Å²) >= 11 is 5.71. The maximum Gasteiger partial charge on any atom is 0.253 e. The van der Waals surface area contributed by atoms with Crippen molar-refractivity contribution < 1.29 is 9.53 Å². The number of hydrogen-bond acceptors (Lipinski definition) is 2. The molecule has 0 bridgehead atoms. The summed E-state index contributed by atoms with van der Waals surface area (Å²) in [7, 11) is 0.398. The number of ether oxygens (including phenoxy) is 1. The molecular formula is C15H12ClO2P. The normalized spacial score (nSPS) is 13.6. The van der Waals surface area contributed by atoms with E-state index in [4.69, 9.17) is 16.3 Å². The van der Waals surface area contributed by atoms with Gasteiger partial charge in [0.25, 0.3) is 5.24 Å². The van der Waals surface area contributed by atoms with E-state index in [-0.39, 0.29) is 0 Å². The van der Waals surface area contributed by atoms with Crippen LogP contribution in [0.25, 0.3) is 0 Å². The molecule has 1 aliphatic heterocycles. The van der Waals surface area contributed by atoms with E-state index in [0.717, 1.165) is 27.7 Å². The van der Waals surface area contributed by atoms with Crippen molar-refractivity contribution in [1.29, 1.82) is 0 Å². The Bertz CT molecular complexity index is 695. The van der Waals surface area contributed by atoms with Crippen LogP contribution in [-0.2, 0) is 0 Å². The molecule has 2 aromatic carbocycles. The van der Waals surface area contributed by atoms with Crippen LogP contribution in [0.2, 0.25) is 0 Å². The molecule has 96 valence electrons. The maximum atomic E-state index is 11.6. The van der Waals surface area contributed by atoms with Gasteiger partial charge in [-0.1, -0.05) is 26.3 Å². The predicted molar refractivity (Wildman–Crippen MR) is 80.2 cm³/mol. The predicted octanol–water partition coefficient (Wildman–Crippen LogP) is 3.42. The van der Waals surface area contributed by atoms with Gasteiger partial charge in [0.1, 0.15) is 11.5 Å². The Labute approximate surface area is 118 Å². The Hall–Kier alpha value is -1.37. The van der Waals surface area contributed by atoms with Crippen LogP contribution >= 0.6 is 20.2 Å². The molecule has 0 fully saturated rings. The van der Waals surface area contributed by atoms with E-state index < -0.39 is 5.24 Å². The monoisotopic (exact) mass is 290 g/mol.